The van der Waals surface area contributed by atoms with Gasteiger partial charge in [-0.15, -0.1) is 0 Å². The highest BCUT2D eigenvalue weighted by Gasteiger charge is 2.13. The first kappa shape index (κ1) is 22.2. The molecule has 1 amide bonds. The second-order valence-corrected chi connectivity index (χ2v) is 7.37. The van der Waals surface area contributed by atoms with Gasteiger partial charge in [-0.1, -0.05) is 18.2 Å². The number of ether oxygens (including phenoxy) is 3. The third-order valence-corrected chi connectivity index (χ3v) is 5.20. The van der Waals surface area contributed by atoms with Crippen molar-refractivity contribution >= 4 is 11.7 Å². The van der Waals surface area contributed by atoms with E-state index >= 15 is 0 Å². The van der Waals surface area contributed by atoms with E-state index in [1.165, 1.54) is 0 Å². The maximum atomic E-state index is 12.5. The van der Waals surface area contributed by atoms with Gasteiger partial charge in [0.25, 0.3) is 0 Å². The van der Waals surface area contributed by atoms with Crippen LogP contribution in [0.2, 0.25) is 0 Å². The lowest BCUT2D eigenvalue weighted by molar-refractivity contribution is -0.116. The van der Waals surface area contributed by atoms with Crippen LogP contribution in [0.25, 0.3) is 0 Å². The molecule has 0 atom stereocenters. The third-order valence-electron chi connectivity index (χ3n) is 5.20. The van der Waals surface area contributed by atoms with Crippen LogP contribution in [0.1, 0.15) is 28.7 Å². The maximum absolute atomic E-state index is 12.5. The fourth-order valence-corrected chi connectivity index (χ4v) is 3.24. The number of aryl methyl sites for hydroxylation is 2. The van der Waals surface area contributed by atoms with Crippen LogP contribution >= 0.6 is 0 Å². The van der Waals surface area contributed by atoms with Crippen molar-refractivity contribution in [3.05, 3.63) is 64.8 Å². The highest BCUT2D eigenvalue weighted by Crippen LogP contribution is 2.28. The molecule has 1 heterocycles. The molecular weight excluding hydrogens is 394 g/mol. The number of carbonyl (C=O) groups excluding carboxylic acids is 1. The Kier molecular flexibility index (Phi) is 7.18. The van der Waals surface area contributed by atoms with Crippen molar-refractivity contribution in [3.8, 4) is 17.2 Å². The molecule has 0 spiro atoms. The van der Waals surface area contributed by atoms with Crippen molar-refractivity contribution in [1.82, 2.24) is 9.78 Å². The maximum Gasteiger partial charge on any atom is 0.228 e. The minimum Gasteiger partial charge on any atom is -0.493 e. The molecule has 0 aliphatic rings. The largest absolute Gasteiger partial charge is 0.493 e. The summed E-state index contributed by atoms with van der Waals surface area (Å²) in [6.45, 7) is 6.76. The van der Waals surface area contributed by atoms with E-state index in [0.29, 0.717) is 30.5 Å². The zero-order chi connectivity index (χ0) is 22.4. The predicted molar refractivity (Wildman–Crippen MR) is 120 cm³/mol. The number of anilines is 1. The van der Waals surface area contributed by atoms with Gasteiger partial charge in [0.2, 0.25) is 5.91 Å². The molecule has 2 aromatic carbocycles. The summed E-state index contributed by atoms with van der Waals surface area (Å²) in [6, 6.07) is 11.6. The number of hydrogen-bond acceptors (Lipinski definition) is 5. The third kappa shape index (κ3) is 5.36. The summed E-state index contributed by atoms with van der Waals surface area (Å²) >= 11 is 0. The van der Waals surface area contributed by atoms with E-state index in [0.717, 1.165) is 28.0 Å². The number of aromatic nitrogens is 2. The molecule has 0 aliphatic heterocycles. The highest BCUT2D eigenvalue weighted by molar-refractivity contribution is 5.90. The number of nitrogens with one attached hydrogen (secondary N) is 1. The summed E-state index contributed by atoms with van der Waals surface area (Å²) in [7, 11) is 3.21. The first-order valence-corrected chi connectivity index (χ1v) is 10.1. The number of carbonyl (C=O) groups is 1. The molecule has 31 heavy (non-hydrogen) atoms. The fraction of sp³-hybridized carbons (Fsp3) is 0.333. The van der Waals surface area contributed by atoms with Gasteiger partial charge >= 0.3 is 0 Å². The predicted octanol–water partition coefficient (Wildman–Crippen LogP) is 4.28. The van der Waals surface area contributed by atoms with Crippen LogP contribution in [-0.4, -0.2) is 36.5 Å². The van der Waals surface area contributed by atoms with Crippen molar-refractivity contribution in [2.75, 3.05) is 26.1 Å². The SMILES string of the molecule is COc1ccc(Cn2ncc(C)c2NC(=O)CCOc2cccc(C)c2C)cc1OC. The molecule has 0 fully saturated rings. The quantitative estimate of drug-likeness (QED) is 0.556. The Balaban J connectivity index is 1.63. The van der Waals surface area contributed by atoms with Crippen LogP contribution < -0.4 is 19.5 Å². The van der Waals surface area contributed by atoms with E-state index < -0.39 is 0 Å². The normalized spacial score (nSPS) is 10.6. The average Bonchev–Trinajstić information content (AvgIpc) is 3.10. The Hall–Kier alpha value is -3.48. The first-order valence-electron chi connectivity index (χ1n) is 10.1. The molecule has 0 bridgehead atoms. The second kappa shape index (κ2) is 10.0. The van der Waals surface area contributed by atoms with Gasteiger partial charge in [0.05, 0.1) is 40.0 Å². The fourth-order valence-electron chi connectivity index (χ4n) is 3.24. The lowest BCUT2D eigenvalue weighted by atomic mass is 10.1. The van der Waals surface area contributed by atoms with Crippen molar-refractivity contribution in [2.24, 2.45) is 0 Å². The molecule has 7 heteroatoms. The van der Waals surface area contributed by atoms with Crippen molar-refractivity contribution in [1.29, 1.82) is 0 Å². The van der Waals surface area contributed by atoms with E-state index in [-0.39, 0.29) is 12.3 Å². The number of nitrogens with zero attached hydrogens (tertiary/aromatic N) is 2. The molecule has 0 saturated heterocycles. The number of methoxy groups -OCH3 is 2. The van der Waals surface area contributed by atoms with Crippen LogP contribution in [-0.2, 0) is 11.3 Å². The summed E-state index contributed by atoms with van der Waals surface area (Å²) in [5.41, 5.74) is 4.13. The minimum atomic E-state index is -0.123. The van der Waals surface area contributed by atoms with Crippen LogP contribution in [0.4, 0.5) is 5.82 Å². The Labute approximate surface area is 182 Å². The molecule has 0 aliphatic carbocycles. The van der Waals surface area contributed by atoms with Gasteiger partial charge in [0, 0.05) is 5.56 Å². The Morgan fingerprint density at radius 3 is 2.52 bits per heavy atom. The van der Waals surface area contributed by atoms with Gasteiger partial charge in [-0.2, -0.15) is 5.10 Å². The second-order valence-electron chi connectivity index (χ2n) is 7.37. The summed E-state index contributed by atoms with van der Waals surface area (Å²) in [5.74, 6) is 2.68. The Bertz CT molecular complexity index is 1060. The monoisotopic (exact) mass is 423 g/mol. The van der Waals surface area contributed by atoms with Gasteiger partial charge in [-0.25, -0.2) is 4.68 Å². The molecule has 0 radical (unpaired) electrons. The van der Waals surface area contributed by atoms with E-state index in [1.807, 2.05) is 57.2 Å². The molecule has 164 valence electrons. The smallest absolute Gasteiger partial charge is 0.228 e. The van der Waals surface area contributed by atoms with Crippen LogP contribution in [0.15, 0.2) is 42.6 Å². The van der Waals surface area contributed by atoms with Gasteiger partial charge in [0.15, 0.2) is 11.5 Å². The van der Waals surface area contributed by atoms with Crippen LogP contribution in [0, 0.1) is 20.8 Å². The minimum absolute atomic E-state index is 0.123. The number of benzene rings is 2. The van der Waals surface area contributed by atoms with E-state index in [4.69, 9.17) is 14.2 Å². The zero-order valence-corrected chi connectivity index (χ0v) is 18.7. The highest BCUT2D eigenvalue weighted by atomic mass is 16.5. The summed E-state index contributed by atoms with van der Waals surface area (Å²) in [4.78, 5) is 12.5. The lowest BCUT2D eigenvalue weighted by Crippen LogP contribution is -2.19. The van der Waals surface area contributed by atoms with Gasteiger partial charge in [0.1, 0.15) is 11.6 Å². The van der Waals surface area contributed by atoms with Gasteiger partial charge in [-0.05, 0) is 55.7 Å². The molecule has 3 rings (SSSR count). The summed E-state index contributed by atoms with van der Waals surface area (Å²) in [5, 5.41) is 7.38. The lowest BCUT2D eigenvalue weighted by Gasteiger charge is -2.13. The first-order chi connectivity index (χ1) is 14.9. The number of rotatable bonds is 9. The van der Waals surface area contributed by atoms with Crippen molar-refractivity contribution in [2.45, 2.75) is 33.7 Å². The molecule has 1 N–H and O–H groups in total. The topological polar surface area (TPSA) is 74.6 Å². The molecule has 0 saturated carbocycles. The Morgan fingerprint density at radius 1 is 1.00 bits per heavy atom. The molecule has 7 nitrogen and oxygen atoms in total. The molecular formula is C24H29N3O4. The van der Waals surface area contributed by atoms with Crippen molar-refractivity contribution in [3.63, 3.8) is 0 Å². The standard InChI is InChI=1S/C24H29N3O4/c1-16-7-6-8-20(18(16)3)31-12-11-23(28)26-24-17(2)14-25-27(24)15-19-9-10-21(29-4)22(13-19)30-5/h6-10,13-14H,11-12,15H2,1-5H3,(H,26,28). The number of amides is 1. The van der Waals surface area contributed by atoms with Gasteiger partial charge < -0.3 is 19.5 Å². The molecule has 0 unspecified atom stereocenters. The summed E-state index contributed by atoms with van der Waals surface area (Å²) < 4.78 is 18.2. The average molecular weight is 424 g/mol. The summed E-state index contributed by atoms with van der Waals surface area (Å²) in [6.07, 6.45) is 1.98. The number of hydrogen-bond donors (Lipinski definition) is 1. The van der Waals surface area contributed by atoms with Crippen LogP contribution in [0.3, 0.4) is 0 Å². The Morgan fingerprint density at radius 2 is 1.77 bits per heavy atom. The van der Waals surface area contributed by atoms with E-state index in [1.54, 1.807) is 25.1 Å². The van der Waals surface area contributed by atoms with E-state index in [2.05, 4.69) is 10.4 Å². The van der Waals surface area contributed by atoms with Gasteiger partial charge in [-0.3, -0.25) is 4.79 Å². The van der Waals surface area contributed by atoms with Crippen LogP contribution in [0.5, 0.6) is 17.2 Å². The zero-order valence-electron chi connectivity index (χ0n) is 18.7. The van der Waals surface area contributed by atoms with Crippen molar-refractivity contribution < 1.29 is 19.0 Å². The molecule has 1 aromatic heterocycles. The van der Waals surface area contributed by atoms with E-state index in [9.17, 15) is 4.79 Å². The molecule has 3 aromatic rings.